The van der Waals surface area contributed by atoms with Gasteiger partial charge < -0.3 is 21.3 Å². The SMILES string of the molecule is CNC(=O)CNc1ccc(-c2cc(NCCc3cccc4c(C(=O)NC)ccnc34)ncn2)cn1. The molecule has 0 radical (unpaired) electrons. The lowest BCUT2D eigenvalue weighted by Gasteiger charge is -2.10. The maximum absolute atomic E-state index is 12.2. The van der Waals surface area contributed by atoms with Crippen LogP contribution in [-0.4, -0.2) is 58.9 Å². The van der Waals surface area contributed by atoms with E-state index < -0.39 is 0 Å². The van der Waals surface area contributed by atoms with Crippen LogP contribution in [0.3, 0.4) is 0 Å². The Kier molecular flexibility index (Phi) is 7.41. The van der Waals surface area contributed by atoms with Crippen molar-refractivity contribution in [1.82, 2.24) is 30.6 Å². The van der Waals surface area contributed by atoms with E-state index in [1.54, 1.807) is 38.6 Å². The summed E-state index contributed by atoms with van der Waals surface area (Å²) in [7, 11) is 3.20. The zero-order valence-electron chi connectivity index (χ0n) is 19.5. The predicted molar refractivity (Wildman–Crippen MR) is 135 cm³/mol. The summed E-state index contributed by atoms with van der Waals surface area (Å²) in [5, 5.41) is 12.3. The van der Waals surface area contributed by atoms with Gasteiger partial charge in [-0.2, -0.15) is 0 Å². The van der Waals surface area contributed by atoms with Crippen molar-refractivity contribution in [3.63, 3.8) is 0 Å². The fraction of sp³-hybridized carbons (Fsp3) is 0.200. The minimum Gasteiger partial charge on any atom is -0.370 e. The maximum atomic E-state index is 12.2. The number of rotatable bonds is 9. The number of hydrogen-bond donors (Lipinski definition) is 4. The average molecular weight is 471 g/mol. The van der Waals surface area contributed by atoms with Crippen LogP contribution >= 0.6 is 0 Å². The Morgan fingerprint density at radius 3 is 2.54 bits per heavy atom. The van der Waals surface area contributed by atoms with Crippen molar-refractivity contribution < 1.29 is 9.59 Å². The van der Waals surface area contributed by atoms with Crippen LogP contribution in [0, 0.1) is 0 Å². The third-order valence-electron chi connectivity index (χ3n) is 5.46. The van der Waals surface area contributed by atoms with Crippen molar-refractivity contribution in [2.75, 3.05) is 37.8 Å². The summed E-state index contributed by atoms with van der Waals surface area (Å²) in [4.78, 5) is 41.1. The van der Waals surface area contributed by atoms with Crippen LogP contribution in [0.15, 0.2) is 61.2 Å². The van der Waals surface area contributed by atoms with Crippen LogP contribution in [0.25, 0.3) is 22.2 Å². The summed E-state index contributed by atoms with van der Waals surface area (Å²) in [5.74, 6) is 1.05. The molecule has 2 amide bonds. The highest BCUT2D eigenvalue weighted by Crippen LogP contribution is 2.22. The third kappa shape index (κ3) is 5.67. The van der Waals surface area contributed by atoms with E-state index in [1.807, 2.05) is 30.3 Å². The summed E-state index contributed by atoms with van der Waals surface area (Å²) < 4.78 is 0. The Balaban J connectivity index is 1.42. The number of anilines is 2. The fourth-order valence-corrected chi connectivity index (χ4v) is 3.62. The molecule has 3 aromatic heterocycles. The molecule has 3 heterocycles. The number of nitrogens with one attached hydrogen (secondary N) is 4. The van der Waals surface area contributed by atoms with E-state index in [9.17, 15) is 9.59 Å². The lowest BCUT2D eigenvalue weighted by Crippen LogP contribution is -2.26. The van der Waals surface area contributed by atoms with E-state index in [4.69, 9.17) is 0 Å². The van der Waals surface area contributed by atoms with E-state index in [0.717, 1.165) is 27.7 Å². The Labute approximate surface area is 202 Å². The number of carbonyl (C=O) groups excluding carboxylic acids is 2. The standard InChI is InChI=1S/C25H26N8O2/c1-26-23(34)14-31-21-7-6-17(13-30-21)20-12-22(33-15-32-20)28-10-8-16-4-3-5-18-19(25(35)27-2)9-11-29-24(16)18/h3-7,9,11-13,15H,8,10,14H2,1-2H3,(H,26,34)(H,27,35)(H,30,31)(H,28,32,33). The lowest BCUT2D eigenvalue weighted by molar-refractivity contribution is -0.118. The highest BCUT2D eigenvalue weighted by atomic mass is 16.2. The van der Waals surface area contributed by atoms with Crippen molar-refractivity contribution in [2.45, 2.75) is 6.42 Å². The molecule has 0 fully saturated rings. The zero-order valence-corrected chi connectivity index (χ0v) is 19.5. The minimum absolute atomic E-state index is 0.117. The number of fused-ring (bicyclic) bond motifs is 1. The first-order valence-corrected chi connectivity index (χ1v) is 11.1. The number of carbonyl (C=O) groups is 2. The van der Waals surface area contributed by atoms with Gasteiger partial charge in [-0.3, -0.25) is 14.6 Å². The fourth-order valence-electron chi connectivity index (χ4n) is 3.62. The molecule has 0 unspecified atom stereocenters. The molecular weight excluding hydrogens is 444 g/mol. The second-order valence-corrected chi connectivity index (χ2v) is 7.68. The van der Waals surface area contributed by atoms with Crippen molar-refractivity contribution in [1.29, 1.82) is 0 Å². The summed E-state index contributed by atoms with van der Waals surface area (Å²) in [6.45, 7) is 0.784. The summed E-state index contributed by atoms with van der Waals surface area (Å²) in [5.41, 5.74) is 4.03. The molecule has 4 aromatic rings. The van der Waals surface area contributed by atoms with Crippen LogP contribution in [0.1, 0.15) is 15.9 Å². The topological polar surface area (TPSA) is 134 Å². The van der Waals surface area contributed by atoms with Crippen LogP contribution in [0.5, 0.6) is 0 Å². The summed E-state index contributed by atoms with van der Waals surface area (Å²) in [6, 6.07) is 13.1. The zero-order chi connectivity index (χ0) is 24.6. The monoisotopic (exact) mass is 470 g/mol. The highest BCUT2D eigenvalue weighted by Gasteiger charge is 2.11. The second-order valence-electron chi connectivity index (χ2n) is 7.68. The molecule has 4 N–H and O–H groups in total. The first kappa shape index (κ1) is 23.6. The molecule has 0 saturated carbocycles. The summed E-state index contributed by atoms with van der Waals surface area (Å²) >= 11 is 0. The first-order valence-electron chi connectivity index (χ1n) is 11.1. The van der Waals surface area contributed by atoms with Gasteiger partial charge in [-0.1, -0.05) is 18.2 Å². The van der Waals surface area contributed by atoms with Gasteiger partial charge in [0.25, 0.3) is 5.91 Å². The molecule has 0 bridgehead atoms. The van der Waals surface area contributed by atoms with Gasteiger partial charge in [0, 0.05) is 50.0 Å². The molecule has 10 heteroatoms. The average Bonchev–Trinajstić information content (AvgIpc) is 2.91. The van der Waals surface area contributed by atoms with Gasteiger partial charge in [-0.15, -0.1) is 0 Å². The quantitative estimate of drug-likeness (QED) is 0.293. The van der Waals surface area contributed by atoms with E-state index in [0.29, 0.717) is 30.2 Å². The number of pyridine rings is 2. The van der Waals surface area contributed by atoms with Crippen molar-refractivity contribution in [3.05, 3.63) is 72.3 Å². The molecule has 10 nitrogen and oxygen atoms in total. The van der Waals surface area contributed by atoms with Crippen molar-refractivity contribution >= 4 is 34.4 Å². The molecule has 0 spiro atoms. The van der Waals surface area contributed by atoms with E-state index in [2.05, 4.69) is 41.2 Å². The number of likely N-dealkylation sites (N-methyl/N-ethyl adjacent to an activating group) is 1. The van der Waals surface area contributed by atoms with Crippen LogP contribution < -0.4 is 21.3 Å². The van der Waals surface area contributed by atoms with Crippen LogP contribution in [-0.2, 0) is 11.2 Å². The van der Waals surface area contributed by atoms with Gasteiger partial charge in [0.2, 0.25) is 5.91 Å². The Hall–Kier alpha value is -4.60. The molecule has 0 saturated heterocycles. The normalized spacial score (nSPS) is 10.6. The second kappa shape index (κ2) is 11.0. The van der Waals surface area contributed by atoms with E-state index in [1.165, 1.54) is 6.33 Å². The number of aromatic nitrogens is 4. The smallest absolute Gasteiger partial charge is 0.251 e. The summed E-state index contributed by atoms with van der Waals surface area (Å²) in [6.07, 6.45) is 5.57. The number of hydrogen-bond acceptors (Lipinski definition) is 8. The van der Waals surface area contributed by atoms with E-state index >= 15 is 0 Å². The van der Waals surface area contributed by atoms with Gasteiger partial charge in [0.15, 0.2) is 0 Å². The minimum atomic E-state index is -0.133. The molecular formula is C25H26N8O2. The Morgan fingerprint density at radius 2 is 1.77 bits per heavy atom. The lowest BCUT2D eigenvalue weighted by atomic mass is 10.0. The molecule has 35 heavy (non-hydrogen) atoms. The highest BCUT2D eigenvalue weighted by molar-refractivity contribution is 6.06. The van der Waals surface area contributed by atoms with Crippen molar-refractivity contribution in [3.8, 4) is 11.3 Å². The van der Waals surface area contributed by atoms with Gasteiger partial charge in [-0.05, 0) is 30.2 Å². The molecule has 1 aromatic carbocycles. The van der Waals surface area contributed by atoms with Gasteiger partial charge in [0.1, 0.15) is 18.0 Å². The number of benzene rings is 1. The molecule has 0 aliphatic rings. The molecule has 0 aliphatic heterocycles. The maximum Gasteiger partial charge on any atom is 0.251 e. The predicted octanol–water partition coefficient (Wildman–Crippen LogP) is 2.26. The van der Waals surface area contributed by atoms with Gasteiger partial charge in [-0.25, -0.2) is 15.0 Å². The third-order valence-corrected chi connectivity index (χ3v) is 5.46. The molecule has 178 valence electrons. The van der Waals surface area contributed by atoms with Gasteiger partial charge >= 0.3 is 0 Å². The molecule has 4 rings (SSSR count). The largest absolute Gasteiger partial charge is 0.370 e. The number of amides is 2. The van der Waals surface area contributed by atoms with Gasteiger partial charge in [0.05, 0.1) is 23.3 Å². The number of para-hydroxylation sites is 1. The molecule has 0 aliphatic carbocycles. The van der Waals surface area contributed by atoms with Crippen molar-refractivity contribution in [2.24, 2.45) is 0 Å². The Bertz CT molecular complexity index is 1340. The van der Waals surface area contributed by atoms with E-state index in [-0.39, 0.29) is 18.4 Å². The molecule has 0 atom stereocenters. The van der Waals surface area contributed by atoms with Crippen LogP contribution in [0.4, 0.5) is 11.6 Å². The number of nitrogens with zero attached hydrogens (tertiary/aromatic N) is 4. The first-order chi connectivity index (χ1) is 17.1. The van der Waals surface area contributed by atoms with Crippen LogP contribution in [0.2, 0.25) is 0 Å². The Morgan fingerprint density at radius 1 is 0.886 bits per heavy atom.